The highest BCUT2D eigenvalue weighted by Crippen LogP contribution is 2.30. The van der Waals surface area contributed by atoms with Crippen molar-refractivity contribution in [2.45, 2.75) is 69.6 Å². The molecule has 6 heteroatoms. The monoisotopic (exact) mass is 403 g/mol. The second-order valence-electron chi connectivity index (χ2n) is 8.86. The Morgan fingerprint density at radius 3 is 2.48 bits per heavy atom. The Hall–Kier alpha value is -1.66. The third kappa shape index (κ3) is 4.75. The standard InChI is InChI=1S/C23H34FN3O2/c24-19-8-3-4-10-21(19)26-14-11-18(12-15-26)29-16-22-20(25)9-5-13-27(22)23(28)17-6-1-2-7-17/h3-4,8,10,17-18,20,22H,1-2,5-7,9,11-16,25H2/t20-,22-/m0/s1. The number of rotatable bonds is 5. The van der Waals surface area contributed by atoms with Gasteiger partial charge in [0.2, 0.25) is 5.91 Å². The molecule has 3 aliphatic rings. The van der Waals surface area contributed by atoms with Crippen LogP contribution in [0, 0.1) is 11.7 Å². The fourth-order valence-corrected chi connectivity index (χ4v) is 5.19. The molecule has 0 aromatic heterocycles. The van der Waals surface area contributed by atoms with Crippen LogP contribution in [-0.2, 0) is 9.53 Å². The molecular weight excluding hydrogens is 369 g/mol. The first-order valence-electron chi connectivity index (χ1n) is 11.3. The molecule has 5 nitrogen and oxygen atoms in total. The molecule has 0 unspecified atom stereocenters. The molecular formula is C23H34FN3O2. The summed E-state index contributed by atoms with van der Waals surface area (Å²) in [5.74, 6) is 0.313. The highest BCUT2D eigenvalue weighted by atomic mass is 19.1. The average molecular weight is 404 g/mol. The molecule has 1 aromatic carbocycles. The fraction of sp³-hybridized carbons (Fsp3) is 0.696. The van der Waals surface area contributed by atoms with Gasteiger partial charge >= 0.3 is 0 Å². The van der Waals surface area contributed by atoms with E-state index in [0.29, 0.717) is 18.2 Å². The fourth-order valence-electron chi connectivity index (χ4n) is 5.19. The van der Waals surface area contributed by atoms with Crippen LogP contribution >= 0.6 is 0 Å². The predicted octanol–water partition coefficient (Wildman–Crippen LogP) is 3.32. The van der Waals surface area contributed by atoms with Gasteiger partial charge in [0.15, 0.2) is 0 Å². The van der Waals surface area contributed by atoms with E-state index in [1.165, 1.54) is 6.07 Å². The maximum atomic E-state index is 14.0. The zero-order chi connectivity index (χ0) is 20.2. The average Bonchev–Trinajstić information content (AvgIpc) is 3.28. The zero-order valence-corrected chi connectivity index (χ0v) is 17.3. The van der Waals surface area contributed by atoms with Gasteiger partial charge in [-0.15, -0.1) is 0 Å². The van der Waals surface area contributed by atoms with Crippen molar-refractivity contribution >= 4 is 11.6 Å². The molecule has 3 fully saturated rings. The van der Waals surface area contributed by atoms with Crippen LogP contribution in [0.1, 0.15) is 51.4 Å². The van der Waals surface area contributed by atoms with E-state index in [9.17, 15) is 9.18 Å². The molecule has 1 aromatic rings. The van der Waals surface area contributed by atoms with Crippen LogP contribution in [0.3, 0.4) is 0 Å². The second-order valence-corrected chi connectivity index (χ2v) is 8.86. The van der Waals surface area contributed by atoms with Crippen LogP contribution < -0.4 is 10.6 Å². The van der Waals surface area contributed by atoms with E-state index >= 15 is 0 Å². The highest BCUT2D eigenvalue weighted by molar-refractivity contribution is 5.79. The van der Waals surface area contributed by atoms with Crippen LogP contribution in [0.15, 0.2) is 24.3 Å². The van der Waals surface area contributed by atoms with Crippen molar-refractivity contribution < 1.29 is 13.9 Å². The lowest BCUT2D eigenvalue weighted by molar-refractivity contribution is -0.142. The third-order valence-electron chi connectivity index (χ3n) is 6.96. The number of halogens is 1. The summed E-state index contributed by atoms with van der Waals surface area (Å²) in [7, 11) is 0. The van der Waals surface area contributed by atoms with Gasteiger partial charge in [-0.2, -0.15) is 0 Å². The minimum Gasteiger partial charge on any atom is -0.376 e. The number of nitrogens with two attached hydrogens (primary N) is 1. The second kappa shape index (κ2) is 9.43. The van der Waals surface area contributed by atoms with E-state index in [-0.39, 0.29) is 29.9 Å². The number of carbonyl (C=O) groups is 1. The van der Waals surface area contributed by atoms with E-state index in [4.69, 9.17) is 10.5 Å². The van der Waals surface area contributed by atoms with E-state index in [1.807, 2.05) is 17.0 Å². The molecule has 2 atom stereocenters. The van der Waals surface area contributed by atoms with Crippen molar-refractivity contribution in [3.63, 3.8) is 0 Å². The lowest BCUT2D eigenvalue weighted by atomic mass is 9.94. The van der Waals surface area contributed by atoms with E-state index in [0.717, 1.165) is 71.0 Å². The largest absolute Gasteiger partial charge is 0.376 e. The summed E-state index contributed by atoms with van der Waals surface area (Å²) in [5, 5.41) is 0. The summed E-state index contributed by atoms with van der Waals surface area (Å²) in [6, 6.07) is 6.93. The summed E-state index contributed by atoms with van der Waals surface area (Å²) >= 11 is 0. The van der Waals surface area contributed by atoms with Gasteiger partial charge < -0.3 is 20.3 Å². The Bertz CT molecular complexity index is 686. The minimum atomic E-state index is -0.166. The molecule has 2 N–H and O–H groups in total. The number of ether oxygens (including phenoxy) is 1. The SMILES string of the molecule is N[C@H]1CCCN(C(=O)C2CCCC2)[C@H]1COC1CCN(c2ccccc2F)CC1. The minimum absolute atomic E-state index is 0.00685. The summed E-state index contributed by atoms with van der Waals surface area (Å²) in [4.78, 5) is 17.1. The number of anilines is 1. The third-order valence-corrected chi connectivity index (χ3v) is 6.96. The first-order chi connectivity index (χ1) is 14.1. The Morgan fingerprint density at radius 2 is 1.76 bits per heavy atom. The number of amides is 1. The van der Waals surface area contributed by atoms with E-state index < -0.39 is 0 Å². The van der Waals surface area contributed by atoms with Crippen LogP contribution in [0.2, 0.25) is 0 Å². The van der Waals surface area contributed by atoms with Gasteiger partial charge in [0, 0.05) is 31.6 Å². The Kier molecular flexibility index (Phi) is 6.70. The number of hydrogen-bond donors (Lipinski definition) is 1. The molecule has 2 saturated heterocycles. The van der Waals surface area contributed by atoms with Gasteiger partial charge in [0.1, 0.15) is 5.82 Å². The Balaban J connectivity index is 1.30. The molecule has 0 bridgehead atoms. The molecule has 1 saturated carbocycles. The van der Waals surface area contributed by atoms with Gasteiger partial charge in [-0.25, -0.2) is 4.39 Å². The number of nitrogens with zero attached hydrogens (tertiary/aromatic N) is 2. The molecule has 160 valence electrons. The smallest absolute Gasteiger partial charge is 0.226 e. The number of piperidine rings is 2. The van der Waals surface area contributed by atoms with Crippen molar-refractivity contribution in [1.29, 1.82) is 0 Å². The van der Waals surface area contributed by atoms with Crippen molar-refractivity contribution in [3.05, 3.63) is 30.1 Å². The van der Waals surface area contributed by atoms with Crippen LogP contribution in [0.25, 0.3) is 0 Å². The van der Waals surface area contributed by atoms with Crippen molar-refractivity contribution in [1.82, 2.24) is 4.90 Å². The maximum absolute atomic E-state index is 14.0. The molecule has 29 heavy (non-hydrogen) atoms. The molecule has 4 rings (SSSR count). The lowest BCUT2D eigenvalue weighted by Gasteiger charge is -2.42. The Labute approximate surface area is 173 Å². The van der Waals surface area contributed by atoms with Crippen molar-refractivity contribution in [3.8, 4) is 0 Å². The molecule has 2 heterocycles. The lowest BCUT2D eigenvalue weighted by Crippen LogP contribution is -2.57. The molecule has 0 spiro atoms. The molecule has 0 radical (unpaired) electrons. The predicted molar refractivity (Wildman–Crippen MR) is 112 cm³/mol. The normalized spacial score (nSPS) is 26.8. The number of para-hydroxylation sites is 1. The van der Waals surface area contributed by atoms with Crippen LogP contribution in [-0.4, -0.2) is 55.2 Å². The van der Waals surface area contributed by atoms with Crippen LogP contribution in [0.4, 0.5) is 10.1 Å². The number of likely N-dealkylation sites (tertiary alicyclic amines) is 1. The number of hydrogen-bond acceptors (Lipinski definition) is 4. The first-order valence-corrected chi connectivity index (χ1v) is 11.3. The zero-order valence-electron chi connectivity index (χ0n) is 17.3. The summed E-state index contributed by atoms with van der Waals surface area (Å²) in [6.07, 6.45) is 8.19. The Morgan fingerprint density at radius 1 is 1.03 bits per heavy atom. The summed E-state index contributed by atoms with van der Waals surface area (Å²) in [6.45, 7) is 2.90. The summed E-state index contributed by atoms with van der Waals surface area (Å²) < 4.78 is 20.3. The van der Waals surface area contributed by atoms with Gasteiger partial charge in [0.05, 0.1) is 24.4 Å². The van der Waals surface area contributed by atoms with E-state index in [1.54, 1.807) is 6.07 Å². The van der Waals surface area contributed by atoms with E-state index in [2.05, 4.69) is 4.90 Å². The van der Waals surface area contributed by atoms with Crippen LogP contribution in [0.5, 0.6) is 0 Å². The molecule has 1 aliphatic carbocycles. The van der Waals surface area contributed by atoms with Gasteiger partial charge in [-0.05, 0) is 50.7 Å². The van der Waals surface area contributed by atoms with Gasteiger partial charge in [0.25, 0.3) is 0 Å². The van der Waals surface area contributed by atoms with Gasteiger partial charge in [-0.3, -0.25) is 4.79 Å². The van der Waals surface area contributed by atoms with Gasteiger partial charge in [-0.1, -0.05) is 25.0 Å². The maximum Gasteiger partial charge on any atom is 0.226 e. The molecule has 2 aliphatic heterocycles. The number of carbonyl (C=O) groups excluding carboxylic acids is 1. The topological polar surface area (TPSA) is 58.8 Å². The first kappa shape index (κ1) is 20.6. The molecule has 1 amide bonds. The number of benzene rings is 1. The van der Waals surface area contributed by atoms with Crippen molar-refractivity contribution in [2.75, 3.05) is 31.1 Å². The summed E-state index contributed by atoms with van der Waals surface area (Å²) in [5.41, 5.74) is 7.09. The van der Waals surface area contributed by atoms with Crippen molar-refractivity contribution in [2.24, 2.45) is 11.7 Å². The highest BCUT2D eigenvalue weighted by Gasteiger charge is 2.37. The quantitative estimate of drug-likeness (QED) is 0.819.